The fourth-order valence-electron chi connectivity index (χ4n) is 2.03. The molecule has 102 valence electrons. The van der Waals surface area contributed by atoms with Crippen LogP contribution in [0.15, 0.2) is 41.3 Å². The monoisotopic (exact) mass is 288 g/mol. The first kappa shape index (κ1) is 12.7. The maximum absolute atomic E-state index is 5.64. The molecule has 0 amide bonds. The number of nitrogens with zero attached hydrogens (tertiary/aromatic N) is 2. The second kappa shape index (κ2) is 4.97. The summed E-state index contributed by atoms with van der Waals surface area (Å²) in [5, 5.41) is 4.90. The number of methoxy groups -OCH3 is 2. The van der Waals surface area contributed by atoms with Crippen LogP contribution < -0.4 is 9.47 Å². The van der Waals surface area contributed by atoms with Gasteiger partial charge < -0.3 is 13.9 Å². The first-order chi connectivity index (χ1) is 9.74. The van der Waals surface area contributed by atoms with Crippen molar-refractivity contribution in [2.45, 2.75) is 0 Å². The number of aromatic nitrogens is 2. The number of hydrogen-bond donors (Lipinski definition) is 0. The summed E-state index contributed by atoms with van der Waals surface area (Å²) in [6, 6.07) is 5.38. The van der Waals surface area contributed by atoms with E-state index in [1.807, 2.05) is 12.3 Å². The highest BCUT2D eigenvalue weighted by Gasteiger charge is 2.12. The van der Waals surface area contributed by atoms with Gasteiger partial charge in [0.2, 0.25) is 0 Å². The molecule has 0 atom stereocenters. The number of fused-ring (bicyclic) bond motifs is 1. The third kappa shape index (κ3) is 1.94. The standard InChI is InChI=1S/C14H12N2O3S/c1-17-9-6-11(18-2)13-12(7-9)19-8-10(14(13)20)16-5-3-4-15-16/h3-8H,1-2H3. The summed E-state index contributed by atoms with van der Waals surface area (Å²) in [7, 11) is 3.18. The zero-order valence-electron chi connectivity index (χ0n) is 11.0. The van der Waals surface area contributed by atoms with Gasteiger partial charge in [-0.2, -0.15) is 5.10 Å². The van der Waals surface area contributed by atoms with Gasteiger partial charge in [0.1, 0.15) is 29.0 Å². The Kier molecular flexibility index (Phi) is 3.15. The van der Waals surface area contributed by atoms with Crippen LogP contribution in [0.3, 0.4) is 0 Å². The van der Waals surface area contributed by atoms with E-state index >= 15 is 0 Å². The molecular formula is C14H12N2O3S. The summed E-state index contributed by atoms with van der Waals surface area (Å²) in [5.74, 6) is 1.27. The van der Waals surface area contributed by atoms with Gasteiger partial charge in [0, 0.05) is 24.5 Å². The molecule has 0 aliphatic carbocycles. The fourth-order valence-corrected chi connectivity index (χ4v) is 2.37. The molecule has 3 rings (SSSR count). The van der Waals surface area contributed by atoms with Gasteiger partial charge in [-0.15, -0.1) is 0 Å². The number of benzene rings is 1. The van der Waals surface area contributed by atoms with E-state index in [1.165, 1.54) is 0 Å². The van der Waals surface area contributed by atoms with E-state index in [2.05, 4.69) is 5.10 Å². The minimum absolute atomic E-state index is 0.613. The Balaban J connectivity index is 2.35. The molecule has 0 radical (unpaired) electrons. The van der Waals surface area contributed by atoms with E-state index in [0.29, 0.717) is 27.3 Å². The molecule has 5 nitrogen and oxygen atoms in total. The minimum Gasteiger partial charge on any atom is -0.496 e. The van der Waals surface area contributed by atoms with Crippen molar-refractivity contribution in [1.82, 2.24) is 9.78 Å². The predicted molar refractivity (Wildman–Crippen MR) is 77.3 cm³/mol. The first-order valence-corrected chi connectivity index (χ1v) is 6.33. The van der Waals surface area contributed by atoms with Crippen LogP contribution in [-0.2, 0) is 0 Å². The van der Waals surface area contributed by atoms with Crippen LogP contribution in [0, 0.1) is 4.51 Å². The van der Waals surface area contributed by atoms with Crippen LogP contribution in [0.2, 0.25) is 0 Å². The van der Waals surface area contributed by atoms with Gasteiger partial charge in [-0.25, -0.2) is 4.68 Å². The largest absolute Gasteiger partial charge is 0.496 e. The zero-order valence-corrected chi connectivity index (χ0v) is 11.8. The van der Waals surface area contributed by atoms with Crippen LogP contribution in [0.1, 0.15) is 0 Å². The zero-order chi connectivity index (χ0) is 14.1. The minimum atomic E-state index is 0.613. The van der Waals surface area contributed by atoms with Crippen molar-refractivity contribution in [3.05, 3.63) is 41.4 Å². The summed E-state index contributed by atoms with van der Waals surface area (Å²) in [6.45, 7) is 0. The number of ether oxygens (including phenoxy) is 2. The van der Waals surface area contributed by atoms with Crippen molar-refractivity contribution in [3.63, 3.8) is 0 Å². The topological polar surface area (TPSA) is 49.4 Å². The lowest BCUT2D eigenvalue weighted by molar-refractivity contribution is 0.396. The van der Waals surface area contributed by atoms with Gasteiger partial charge in [0.25, 0.3) is 0 Å². The van der Waals surface area contributed by atoms with Crippen LogP contribution in [0.25, 0.3) is 16.7 Å². The quantitative estimate of drug-likeness (QED) is 0.692. The van der Waals surface area contributed by atoms with Crippen LogP contribution >= 0.6 is 12.2 Å². The number of hydrogen-bond acceptors (Lipinski definition) is 5. The molecule has 3 aromatic rings. The predicted octanol–water partition coefficient (Wildman–Crippen LogP) is 3.37. The van der Waals surface area contributed by atoms with E-state index < -0.39 is 0 Å². The fraction of sp³-hybridized carbons (Fsp3) is 0.143. The molecule has 0 saturated carbocycles. The van der Waals surface area contributed by atoms with E-state index in [0.717, 1.165) is 5.39 Å². The Morgan fingerprint density at radius 1 is 1.25 bits per heavy atom. The molecular weight excluding hydrogens is 276 g/mol. The molecule has 0 aliphatic heterocycles. The highest BCUT2D eigenvalue weighted by molar-refractivity contribution is 7.71. The van der Waals surface area contributed by atoms with Crippen molar-refractivity contribution in [2.24, 2.45) is 0 Å². The maximum atomic E-state index is 5.64. The normalized spacial score (nSPS) is 10.7. The van der Waals surface area contributed by atoms with Crippen molar-refractivity contribution in [2.75, 3.05) is 14.2 Å². The molecule has 0 bridgehead atoms. The summed E-state index contributed by atoms with van der Waals surface area (Å²) in [5.41, 5.74) is 1.31. The molecule has 0 saturated heterocycles. The Bertz CT molecular complexity index is 809. The van der Waals surface area contributed by atoms with Crippen molar-refractivity contribution < 1.29 is 13.9 Å². The molecule has 0 N–H and O–H groups in total. The Hall–Kier alpha value is -2.34. The van der Waals surface area contributed by atoms with Crippen molar-refractivity contribution in [1.29, 1.82) is 0 Å². The summed E-state index contributed by atoms with van der Waals surface area (Å²) in [6.07, 6.45) is 5.07. The van der Waals surface area contributed by atoms with Crippen molar-refractivity contribution >= 4 is 23.2 Å². The average molecular weight is 288 g/mol. The molecule has 20 heavy (non-hydrogen) atoms. The second-order valence-corrected chi connectivity index (χ2v) is 4.51. The maximum Gasteiger partial charge on any atom is 0.142 e. The summed E-state index contributed by atoms with van der Waals surface area (Å²) < 4.78 is 18.5. The van der Waals surface area contributed by atoms with E-state index in [-0.39, 0.29) is 0 Å². The van der Waals surface area contributed by atoms with Crippen LogP contribution in [0.5, 0.6) is 11.5 Å². The van der Waals surface area contributed by atoms with Gasteiger partial charge in [0.05, 0.1) is 24.1 Å². The van der Waals surface area contributed by atoms with E-state index in [1.54, 1.807) is 43.5 Å². The Morgan fingerprint density at radius 3 is 2.75 bits per heavy atom. The average Bonchev–Trinajstić information content (AvgIpc) is 3.00. The highest BCUT2D eigenvalue weighted by Crippen LogP contribution is 2.33. The van der Waals surface area contributed by atoms with Gasteiger partial charge in [-0.3, -0.25) is 0 Å². The first-order valence-electron chi connectivity index (χ1n) is 5.92. The third-order valence-corrected chi connectivity index (χ3v) is 3.42. The van der Waals surface area contributed by atoms with Gasteiger partial charge in [-0.1, -0.05) is 12.2 Å². The summed E-state index contributed by atoms with van der Waals surface area (Å²) in [4.78, 5) is 0. The van der Waals surface area contributed by atoms with Gasteiger partial charge >= 0.3 is 0 Å². The molecule has 2 heterocycles. The molecule has 0 fully saturated rings. The van der Waals surface area contributed by atoms with Gasteiger partial charge in [0.15, 0.2) is 0 Å². The molecule has 0 spiro atoms. The summed E-state index contributed by atoms with van der Waals surface area (Å²) >= 11 is 5.53. The van der Waals surface area contributed by atoms with Crippen molar-refractivity contribution in [3.8, 4) is 17.2 Å². The lowest BCUT2D eigenvalue weighted by Crippen LogP contribution is -1.97. The SMILES string of the molecule is COc1cc(OC)c2c(=S)c(-n3cccn3)coc2c1. The Morgan fingerprint density at radius 2 is 2.10 bits per heavy atom. The molecule has 1 aromatic carbocycles. The number of rotatable bonds is 3. The molecule has 0 aliphatic rings. The Labute approximate surface area is 120 Å². The van der Waals surface area contributed by atoms with Crippen LogP contribution in [0.4, 0.5) is 0 Å². The smallest absolute Gasteiger partial charge is 0.142 e. The molecule has 6 heteroatoms. The highest BCUT2D eigenvalue weighted by atomic mass is 32.1. The lowest BCUT2D eigenvalue weighted by Gasteiger charge is -2.10. The van der Waals surface area contributed by atoms with E-state index in [4.69, 9.17) is 26.1 Å². The lowest BCUT2D eigenvalue weighted by atomic mass is 10.2. The molecule has 0 unspecified atom stereocenters. The second-order valence-electron chi connectivity index (χ2n) is 4.10. The van der Waals surface area contributed by atoms with Gasteiger partial charge in [-0.05, 0) is 6.07 Å². The van der Waals surface area contributed by atoms with E-state index in [9.17, 15) is 0 Å². The third-order valence-electron chi connectivity index (χ3n) is 3.00. The van der Waals surface area contributed by atoms with Crippen LogP contribution in [-0.4, -0.2) is 24.0 Å². The molecule has 2 aromatic heterocycles.